The zero-order valence-electron chi connectivity index (χ0n) is 11.4. The van der Waals surface area contributed by atoms with Crippen LogP contribution in [0.5, 0.6) is 0 Å². The predicted octanol–water partition coefficient (Wildman–Crippen LogP) is 3.17. The molecule has 0 spiro atoms. The Hall–Kier alpha value is -1.77. The number of rotatable bonds is 5. The number of ether oxygens (including phenoxy) is 1. The highest BCUT2D eigenvalue weighted by Gasteiger charge is 2.20. The van der Waals surface area contributed by atoms with Crippen molar-refractivity contribution in [1.29, 1.82) is 0 Å². The average Bonchev–Trinajstić information content (AvgIpc) is 2.93. The summed E-state index contributed by atoms with van der Waals surface area (Å²) < 4.78 is 5.48. The Morgan fingerprint density at radius 2 is 2.00 bits per heavy atom. The summed E-state index contributed by atoms with van der Waals surface area (Å²) in [7, 11) is 0. The lowest BCUT2D eigenvalue weighted by Gasteiger charge is -2.14. The minimum Gasteiger partial charge on any atom is -0.458 e. The molecule has 3 nitrogen and oxygen atoms in total. The summed E-state index contributed by atoms with van der Waals surface area (Å²) in [4.78, 5) is 12.0. The fourth-order valence-corrected chi connectivity index (χ4v) is 2.31. The third kappa shape index (κ3) is 4.12. The van der Waals surface area contributed by atoms with Gasteiger partial charge in [0.2, 0.25) is 0 Å². The second kappa shape index (κ2) is 6.98. The minimum atomic E-state index is -0.231. The Labute approximate surface area is 114 Å². The van der Waals surface area contributed by atoms with E-state index in [9.17, 15) is 4.79 Å². The molecule has 1 aromatic carbocycles. The SMILES string of the molecule is CC=C(NCc1ccccc1)C(=O)OC1CCCC1. The third-order valence-corrected chi connectivity index (χ3v) is 3.41. The van der Waals surface area contributed by atoms with Crippen molar-refractivity contribution in [3.63, 3.8) is 0 Å². The first-order chi connectivity index (χ1) is 9.29. The highest BCUT2D eigenvalue weighted by molar-refractivity contribution is 5.87. The van der Waals surface area contributed by atoms with Crippen LogP contribution in [0.1, 0.15) is 38.2 Å². The molecular formula is C16H21NO2. The minimum absolute atomic E-state index is 0.112. The fourth-order valence-electron chi connectivity index (χ4n) is 2.31. The summed E-state index contributed by atoms with van der Waals surface area (Å²) >= 11 is 0. The van der Waals surface area contributed by atoms with E-state index >= 15 is 0 Å². The Morgan fingerprint density at radius 1 is 1.32 bits per heavy atom. The van der Waals surface area contributed by atoms with Crippen molar-refractivity contribution in [2.45, 2.75) is 45.3 Å². The molecule has 0 aromatic heterocycles. The molecule has 0 saturated heterocycles. The van der Waals surface area contributed by atoms with Gasteiger partial charge in [0.05, 0.1) is 0 Å². The molecule has 102 valence electrons. The molecule has 0 radical (unpaired) electrons. The van der Waals surface area contributed by atoms with Crippen LogP contribution < -0.4 is 5.32 Å². The van der Waals surface area contributed by atoms with E-state index in [-0.39, 0.29) is 12.1 Å². The first kappa shape index (κ1) is 13.7. The number of carbonyl (C=O) groups excluding carboxylic acids is 1. The van der Waals surface area contributed by atoms with Gasteiger partial charge in [0.15, 0.2) is 0 Å². The molecule has 0 unspecified atom stereocenters. The van der Waals surface area contributed by atoms with Crippen LogP contribution in [0.15, 0.2) is 42.1 Å². The van der Waals surface area contributed by atoms with E-state index in [1.165, 1.54) is 12.8 Å². The van der Waals surface area contributed by atoms with Crippen molar-refractivity contribution in [3.05, 3.63) is 47.7 Å². The van der Waals surface area contributed by atoms with Gasteiger partial charge in [-0.25, -0.2) is 4.79 Å². The van der Waals surface area contributed by atoms with Gasteiger partial charge in [0, 0.05) is 6.54 Å². The van der Waals surface area contributed by atoms with E-state index in [1.54, 1.807) is 6.08 Å². The monoisotopic (exact) mass is 259 g/mol. The van der Waals surface area contributed by atoms with Gasteiger partial charge >= 0.3 is 5.97 Å². The molecule has 2 rings (SSSR count). The Morgan fingerprint density at radius 3 is 2.63 bits per heavy atom. The number of hydrogen-bond acceptors (Lipinski definition) is 3. The van der Waals surface area contributed by atoms with Gasteiger partial charge < -0.3 is 10.1 Å². The van der Waals surface area contributed by atoms with Crippen LogP contribution in [0.3, 0.4) is 0 Å². The van der Waals surface area contributed by atoms with Crippen molar-refractivity contribution in [2.75, 3.05) is 0 Å². The lowest BCUT2D eigenvalue weighted by atomic mass is 10.2. The van der Waals surface area contributed by atoms with Crippen LogP contribution >= 0.6 is 0 Å². The summed E-state index contributed by atoms with van der Waals surface area (Å²) in [6.07, 6.45) is 6.23. The van der Waals surface area contributed by atoms with Crippen LogP contribution in [0.4, 0.5) is 0 Å². The predicted molar refractivity (Wildman–Crippen MR) is 75.4 cm³/mol. The van der Waals surface area contributed by atoms with Crippen molar-refractivity contribution in [3.8, 4) is 0 Å². The molecule has 0 amide bonds. The smallest absolute Gasteiger partial charge is 0.354 e. The second-order valence-corrected chi connectivity index (χ2v) is 4.85. The summed E-state index contributed by atoms with van der Waals surface area (Å²) in [5, 5.41) is 3.15. The first-order valence-electron chi connectivity index (χ1n) is 6.94. The zero-order valence-corrected chi connectivity index (χ0v) is 11.4. The van der Waals surface area contributed by atoms with Crippen LogP contribution in [0, 0.1) is 0 Å². The number of nitrogens with one attached hydrogen (secondary N) is 1. The van der Waals surface area contributed by atoms with Gasteiger partial charge in [-0.1, -0.05) is 36.4 Å². The molecule has 1 saturated carbocycles. The molecule has 0 aliphatic heterocycles. The average molecular weight is 259 g/mol. The van der Waals surface area contributed by atoms with Crippen molar-refractivity contribution in [1.82, 2.24) is 5.32 Å². The molecule has 1 N–H and O–H groups in total. The lowest BCUT2D eigenvalue weighted by molar-refractivity contribution is -0.144. The molecule has 0 heterocycles. The van der Waals surface area contributed by atoms with E-state index in [0.29, 0.717) is 12.2 Å². The van der Waals surface area contributed by atoms with Crippen molar-refractivity contribution < 1.29 is 9.53 Å². The number of allylic oxidation sites excluding steroid dienone is 1. The number of carbonyl (C=O) groups is 1. The van der Waals surface area contributed by atoms with Gasteiger partial charge in [0.1, 0.15) is 11.8 Å². The molecular weight excluding hydrogens is 238 g/mol. The lowest BCUT2D eigenvalue weighted by Crippen LogP contribution is -2.25. The summed E-state index contributed by atoms with van der Waals surface area (Å²) in [5.41, 5.74) is 1.70. The zero-order chi connectivity index (χ0) is 13.5. The number of hydrogen-bond donors (Lipinski definition) is 1. The summed E-state index contributed by atoms with van der Waals surface area (Å²) in [6.45, 7) is 2.49. The summed E-state index contributed by atoms with van der Waals surface area (Å²) in [5.74, 6) is -0.231. The summed E-state index contributed by atoms with van der Waals surface area (Å²) in [6, 6.07) is 10.0. The van der Waals surface area contributed by atoms with Crippen molar-refractivity contribution >= 4 is 5.97 Å². The highest BCUT2D eigenvalue weighted by atomic mass is 16.5. The topological polar surface area (TPSA) is 38.3 Å². The van der Waals surface area contributed by atoms with Crippen LogP contribution in [0.2, 0.25) is 0 Å². The quantitative estimate of drug-likeness (QED) is 0.652. The second-order valence-electron chi connectivity index (χ2n) is 4.85. The van der Waals surface area contributed by atoms with Crippen LogP contribution in [-0.2, 0) is 16.1 Å². The Kier molecular flexibility index (Phi) is 5.01. The molecule has 1 aliphatic carbocycles. The van der Waals surface area contributed by atoms with Gasteiger partial charge in [0.25, 0.3) is 0 Å². The Balaban J connectivity index is 1.84. The van der Waals surface area contributed by atoms with Crippen LogP contribution in [-0.4, -0.2) is 12.1 Å². The van der Waals surface area contributed by atoms with E-state index < -0.39 is 0 Å². The van der Waals surface area contributed by atoms with Gasteiger partial charge in [-0.05, 0) is 38.2 Å². The third-order valence-electron chi connectivity index (χ3n) is 3.41. The number of esters is 1. The highest BCUT2D eigenvalue weighted by Crippen LogP contribution is 2.21. The fraction of sp³-hybridized carbons (Fsp3) is 0.438. The largest absolute Gasteiger partial charge is 0.458 e. The maximum absolute atomic E-state index is 12.0. The molecule has 1 aromatic rings. The maximum Gasteiger partial charge on any atom is 0.354 e. The first-order valence-corrected chi connectivity index (χ1v) is 6.94. The van der Waals surface area contributed by atoms with E-state index in [2.05, 4.69) is 5.32 Å². The number of benzene rings is 1. The molecule has 3 heteroatoms. The maximum atomic E-state index is 12.0. The van der Waals surface area contributed by atoms with E-state index in [4.69, 9.17) is 4.74 Å². The van der Waals surface area contributed by atoms with E-state index in [0.717, 1.165) is 18.4 Å². The Bertz CT molecular complexity index is 433. The molecule has 1 aliphatic rings. The van der Waals surface area contributed by atoms with Crippen LogP contribution in [0.25, 0.3) is 0 Å². The normalized spacial score (nSPS) is 16.4. The van der Waals surface area contributed by atoms with Gasteiger partial charge in [-0.3, -0.25) is 0 Å². The van der Waals surface area contributed by atoms with Crippen molar-refractivity contribution in [2.24, 2.45) is 0 Å². The van der Waals surface area contributed by atoms with E-state index in [1.807, 2.05) is 37.3 Å². The van der Waals surface area contributed by atoms with Gasteiger partial charge in [-0.2, -0.15) is 0 Å². The standard InChI is InChI=1S/C16H21NO2/c1-2-15(16(18)19-14-10-6-7-11-14)17-12-13-8-4-3-5-9-13/h2-5,8-9,14,17H,6-7,10-12H2,1H3. The molecule has 0 bridgehead atoms. The molecule has 19 heavy (non-hydrogen) atoms. The van der Waals surface area contributed by atoms with Gasteiger partial charge in [-0.15, -0.1) is 0 Å². The molecule has 0 atom stereocenters. The molecule has 1 fully saturated rings.